The van der Waals surface area contributed by atoms with Gasteiger partial charge in [0.05, 0.1) is 18.6 Å². The van der Waals surface area contributed by atoms with Gasteiger partial charge in [-0.3, -0.25) is 4.79 Å². The van der Waals surface area contributed by atoms with Crippen molar-refractivity contribution in [3.05, 3.63) is 54.1 Å². The van der Waals surface area contributed by atoms with Crippen LogP contribution < -0.4 is 14.8 Å². The van der Waals surface area contributed by atoms with Crippen molar-refractivity contribution >= 4 is 17.7 Å². The van der Waals surface area contributed by atoms with Crippen LogP contribution in [0, 0.1) is 0 Å². The van der Waals surface area contributed by atoms with E-state index in [-0.39, 0.29) is 17.4 Å². The summed E-state index contributed by atoms with van der Waals surface area (Å²) in [6, 6.07) is 12.6. The van der Waals surface area contributed by atoms with Gasteiger partial charge in [-0.2, -0.15) is 4.68 Å². The minimum Gasteiger partial charge on any atom is -0.496 e. The molecule has 0 aliphatic rings. The van der Waals surface area contributed by atoms with E-state index in [0.29, 0.717) is 23.8 Å². The van der Waals surface area contributed by atoms with Crippen LogP contribution in [0.15, 0.2) is 53.7 Å². The van der Waals surface area contributed by atoms with Crippen LogP contribution in [-0.2, 0) is 11.2 Å². The number of amides is 1. The molecule has 3 aromatic rings. The summed E-state index contributed by atoms with van der Waals surface area (Å²) in [6.45, 7) is 0.436. The van der Waals surface area contributed by atoms with Gasteiger partial charge < -0.3 is 14.8 Å². The third-order valence-corrected chi connectivity index (χ3v) is 4.92. The fourth-order valence-electron chi connectivity index (χ4n) is 2.65. The van der Waals surface area contributed by atoms with Gasteiger partial charge in [-0.05, 0) is 52.7 Å². The van der Waals surface area contributed by atoms with Crippen molar-refractivity contribution < 1.29 is 27.4 Å². The summed E-state index contributed by atoms with van der Waals surface area (Å²) in [5, 5.41) is 14.4. The molecule has 0 bridgehead atoms. The standard InChI is InChI=1S/C19H18F3N5O3S/c1-29-16-5-3-2-4-13(16)10-11-23-17(28)12-31-18-24-25-26-27(18)14-6-8-15(9-7-14)30-19(20,21)22/h2-9H,10-12H2,1H3,(H,23,28). The molecule has 1 aromatic heterocycles. The number of ether oxygens (including phenoxy) is 2. The minimum absolute atomic E-state index is 0.0710. The Labute approximate surface area is 179 Å². The van der Waals surface area contributed by atoms with Gasteiger partial charge in [0.15, 0.2) is 0 Å². The van der Waals surface area contributed by atoms with Crippen LogP contribution in [-0.4, -0.2) is 51.9 Å². The number of thioether (sulfide) groups is 1. The second-order valence-corrected chi connectivity index (χ2v) is 7.06. The number of para-hydroxylation sites is 1. The van der Waals surface area contributed by atoms with E-state index >= 15 is 0 Å². The normalized spacial score (nSPS) is 11.2. The lowest BCUT2D eigenvalue weighted by molar-refractivity contribution is -0.274. The Balaban J connectivity index is 1.51. The summed E-state index contributed by atoms with van der Waals surface area (Å²) in [4.78, 5) is 12.1. The Hall–Kier alpha value is -3.28. The number of carbonyl (C=O) groups excluding carboxylic acids is 1. The van der Waals surface area contributed by atoms with E-state index in [1.165, 1.54) is 16.8 Å². The number of tetrazole rings is 1. The number of rotatable bonds is 9. The molecule has 0 unspecified atom stereocenters. The predicted octanol–water partition coefficient (Wildman–Crippen LogP) is 3.02. The predicted molar refractivity (Wildman–Crippen MR) is 106 cm³/mol. The summed E-state index contributed by atoms with van der Waals surface area (Å²) in [5.41, 5.74) is 1.42. The third kappa shape index (κ3) is 6.60. The molecule has 12 heteroatoms. The van der Waals surface area contributed by atoms with Crippen molar-refractivity contribution in [1.82, 2.24) is 25.5 Å². The SMILES string of the molecule is COc1ccccc1CCNC(=O)CSc1nnnn1-c1ccc(OC(F)(F)F)cc1. The molecule has 0 aliphatic carbocycles. The van der Waals surface area contributed by atoms with Crippen molar-refractivity contribution in [3.63, 3.8) is 0 Å². The molecule has 31 heavy (non-hydrogen) atoms. The summed E-state index contributed by atoms with van der Waals surface area (Å²) in [6.07, 6.45) is -4.15. The van der Waals surface area contributed by atoms with Gasteiger partial charge in [0, 0.05) is 6.54 Å². The average Bonchev–Trinajstić information content (AvgIpc) is 3.20. The molecule has 0 fully saturated rings. The number of nitrogens with one attached hydrogen (secondary N) is 1. The fourth-order valence-corrected chi connectivity index (χ4v) is 3.37. The van der Waals surface area contributed by atoms with Gasteiger partial charge in [0.2, 0.25) is 11.1 Å². The monoisotopic (exact) mass is 453 g/mol. The maximum absolute atomic E-state index is 12.3. The Kier molecular flexibility index (Phi) is 7.34. The lowest BCUT2D eigenvalue weighted by Gasteiger charge is -2.10. The lowest BCUT2D eigenvalue weighted by Crippen LogP contribution is -2.27. The molecule has 0 saturated carbocycles. The number of hydrogen-bond donors (Lipinski definition) is 1. The molecule has 0 aliphatic heterocycles. The summed E-state index contributed by atoms with van der Waals surface area (Å²) in [7, 11) is 1.59. The first-order valence-corrected chi connectivity index (χ1v) is 10.0. The van der Waals surface area contributed by atoms with Crippen LogP contribution in [0.5, 0.6) is 11.5 Å². The third-order valence-electron chi connectivity index (χ3n) is 4.00. The highest BCUT2D eigenvalue weighted by molar-refractivity contribution is 7.99. The summed E-state index contributed by atoms with van der Waals surface area (Å²) >= 11 is 1.10. The van der Waals surface area contributed by atoms with Gasteiger partial charge in [-0.1, -0.05) is 30.0 Å². The highest BCUT2D eigenvalue weighted by Gasteiger charge is 2.31. The molecule has 0 saturated heterocycles. The van der Waals surface area contributed by atoms with Crippen molar-refractivity contribution in [1.29, 1.82) is 0 Å². The molecule has 0 spiro atoms. The Morgan fingerprint density at radius 3 is 2.61 bits per heavy atom. The summed E-state index contributed by atoms with van der Waals surface area (Å²) < 4.78 is 47.3. The largest absolute Gasteiger partial charge is 0.573 e. The van der Waals surface area contributed by atoms with Crippen LogP contribution >= 0.6 is 11.8 Å². The number of hydrogen-bond acceptors (Lipinski definition) is 7. The lowest BCUT2D eigenvalue weighted by atomic mass is 10.1. The van der Waals surface area contributed by atoms with E-state index in [1.807, 2.05) is 24.3 Å². The molecule has 1 N–H and O–H groups in total. The Morgan fingerprint density at radius 2 is 1.90 bits per heavy atom. The zero-order valence-corrected chi connectivity index (χ0v) is 17.1. The van der Waals surface area contributed by atoms with Crippen LogP contribution in [0.25, 0.3) is 5.69 Å². The number of halogens is 3. The van der Waals surface area contributed by atoms with Gasteiger partial charge >= 0.3 is 6.36 Å². The second kappa shape index (κ2) is 10.2. The Bertz CT molecular complexity index is 1010. The van der Waals surface area contributed by atoms with Crippen molar-refractivity contribution in [2.24, 2.45) is 0 Å². The number of carbonyl (C=O) groups is 1. The molecule has 8 nitrogen and oxygen atoms in total. The number of nitrogens with zero attached hydrogens (tertiary/aromatic N) is 4. The Morgan fingerprint density at radius 1 is 1.16 bits per heavy atom. The second-order valence-electron chi connectivity index (χ2n) is 6.12. The first-order chi connectivity index (χ1) is 14.9. The van der Waals surface area contributed by atoms with Crippen LogP contribution in [0.3, 0.4) is 0 Å². The highest BCUT2D eigenvalue weighted by Crippen LogP contribution is 2.25. The molecule has 0 atom stereocenters. The zero-order chi connectivity index (χ0) is 22.3. The first kappa shape index (κ1) is 22.4. The van der Waals surface area contributed by atoms with Crippen LogP contribution in [0.2, 0.25) is 0 Å². The zero-order valence-electron chi connectivity index (χ0n) is 16.3. The van der Waals surface area contributed by atoms with Crippen LogP contribution in [0.1, 0.15) is 5.56 Å². The molecular formula is C19H18F3N5O3S. The quantitative estimate of drug-likeness (QED) is 0.498. The van der Waals surface area contributed by atoms with Gasteiger partial charge in [0.25, 0.3) is 0 Å². The molecular weight excluding hydrogens is 435 g/mol. The van der Waals surface area contributed by atoms with Crippen molar-refractivity contribution in [2.75, 3.05) is 19.4 Å². The molecule has 1 heterocycles. The average molecular weight is 453 g/mol. The van der Waals surface area contributed by atoms with E-state index < -0.39 is 6.36 Å². The van der Waals surface area contributed by atoms with Crippen molar-refractivity contribution in [3.8, 4) is 17.2 Å². The van der Waals surface area contributed by atoms with Gasteiger partial charge in [-0.25, -0.2) is 0 Å². The number of aromatic nitrogens is 4. The molecule has 2 aromatic carbocycles. The molecule has 0 radical (unpaired) electrons. The van der Waals surface area contributed by atoms with Gasteiger partial charge in [-0.15, -0.1) is 18.3 Å². The van der Waals surface area contributed by atoms with E-state index in [2.05, 4.69) is 25.6 Å². The van der Waals surface area contributed by atoms with E-state index in [1.54, 1.807) is 7.11 Å². The first-order valence-electron chi connectivity index (χ1n) is 9.01. The number of methoxy groups -OCH3 is 1. The van der Waals surface area contributed by atoms with E-state index in [9.17, 15) is 18.0 Å². The maximum Gasteiger partial charge on any atom is 0.573 e. The minimum atomic E-state index is -4.77. The summed E-state index contributed by atoms with van der Waals surface area (Å²) in [5.74, 6) is 0.273. The molecule has 1 amide bonds. The number of alkyl halides is 3. The molecule has 164 valence electrons. The smallest absolute Gasteiger partial charge is 0.496 e. The topological polar surface area (TPSA) is 91.2 Å². The van der Waals surface area contributed by atoms with E-state index in [4.69, 9.17) is 4.74 Å². The van der Waals surface area contributed by atoms with Crippen LogP contribution in [0.4, 0.5) is 13.2 Å². The van der Waals surface area contributed by atoms with Crippen molar-refractivity contribution in [2.45, 2.75) is 17.9 Å². The fraction of sp³-hybridized carbons (Fsp3) is 0.263. The molecule has 3 rings (SSSR count). The van der Waals surface area contributed by atoms with Gasteiger partial charge in [0.1, 0.15) is 11.5 Å². The number of benzene rings is 2. The highest BCUT2D eigenvalue weighted by atomic mass is 32.2. The van der Waals surface area contributed by atoms with E-state index in [0.717, 1.165) is 35.2 Å². The maximum atomic E-state index is 12.3.